The van der Waals surface area contributed by atoms with Crippen molar-refractivity contribution < 1.29 is 9.18 Å². The Morgan fingerprint density at radius 2 is 2.11 bits per heavy atom. The molecule has 0 aliphatic rings. The van der Waals surface area contributed by atoms with Crippen LogP contribution in [0, 0.1) is 5.95 Å². The van der Waals surface area contributed by atoms with E-state index in [1.165, 1.54) is 18.2 Å². The fraction of sp³-hybridized carbons (Fsp3) is 0. The van der Waals surface area contributed by atoms with Gasteiger partial charge < -0.3 is 5.32 Å². The molecule has 2 aromatic rings. The molecule has 18 heavy (non-hydrogen) atoms. The second-order valence-corrected chi connectivity index (χ2v) is 4.75. The Kier molecular flexibility index (Phi) is 3.93. The molecule has 1 aromatic heterocycles. The molecule has 0 fully saturated rings. The molecule has 1 aromatic carbocycles. The van der Waals surface area contributed by atoms with Crippen LogP contribution in [0.3, 0.4) is 0 Å². The fourth-order valence-electron chi connectivity index (χ4n) is 1.31. The highest BCUT2D eigenvalue weighted by Crippen LogP contribution is 2.25. The average molecular weight is 330 g/mol. The number of hydrogen-bond donors (Lipinski definition) is 1. The Morgan fingerprint density at radius 1 is 1.33 bits per heavy atom. The molecule has 2 rings (SSSR count). The molecule has 1 amide bonds. The van der Waals surface area contributed by atoms with Gasteiger partial charge in [0, 0.05) is 4.47 Å². The van der Waals surface area contributed by atoms with Crippen LogP contribution in [-0.4, -0.2) is 10.9 Å². The summed E-state index contributed by atoms with van der Waals surface area (Å²) in [5.74, 6) is -1.22. The van der Waals surface area contributed by atoms with Crippen LogP contribution in [0.15, 0.2) is 40.9 Å². The predicted molar refractivity (Wildman–Crippen MR) is 71.3 cm³/mol. The summed E-state index contributed by atoms with van der Waals surface area (Å²) in [4.78, 5) is 15.3. The largest absolute Gasteiger partial charge is 0.319 e. The number of nitrogens with one attached hydrogen (secondary N) is 1. The van der Waals surface area contributed by atoms with Crippen molar-refractivity contribution in [3.8, 4) is 0 Å². The van der Waals surface area contributed by atoms with Crippen LogP contribution in [0.4, 0.5) is 10.1 Å². The number of carbonyl (C=O) groups is 1. The second kappa shape index (κ2) is 5.46. The Balaban J connectivity index is 2.24. The lowest BCUT2D eigenvalue weighted by atomic mass is 10.3. The van der Waals surface area contributed by atoms with Crippen molar-refractivity contribution >= 4 is 39.1 Å². The Bertz CT molecular complexity index is 606. The van der Waals surface area contributed by atoms with Gasteiger partial charge in [-0.25, -0.2) is 4.98 Å². The van der Waals surface area contributed by atoms with Crippen LogP contribution in [0.2, 0.25) is 5.02 Å². The Morgan fingerprint density at radius 3 is 2.83 bits per heavy atom. The number of amides is 1. The van der Waals surface area contributed by atoms with E-state index in [1.807, 2.05) is 0 Å². The molecule has 1 N–H and O–H groups in total. The smallest absolute Gasteiger partial charge is 0.274 e. The third-order valence-electron chi connectivity index (χ3n) is 2.12. The van der Waals surface area contributed by atoms with E-state index in [1.54, 1.807) is 18.2 Å². The van der Waals surface area contributed by atoms with E-state index in [2.05, 4.69) is 26.2 Å². The van der Waals surface area contributed by atoms with E-state index in [0.717, 1.165) is 4.47 Å². The van der Waals surface area contributed by atoms with E-state index in [0.29, 0.717) is 10.7 Å². The maximum Gasteiger partial charge on any atom is 0.274 e. The number of nitrogens with zero attached hydrogens (tertiary/aromatic N) is 1. The van der Waals surface area contributed by atoms with Crippen LogP contribution in [0.5, 0.6) is 0 Å². The number of carbonyl (C=O) groups excluding carboxylic acids is 1. The second-order valence-electron chi connectivity index (χ2n) is 3.42. The van der Waals surface area contributed by atoms with Crippen LogP contribution in [-0.2, 0) is 0 Å². The van der Waals surface area contributed by atoms with Crippen molar-refractivity contribution in [2.24, 2.45) is 0 Å². The zero-order valence-corrected chi connectivity index (χ0v) is 11.3. The van der Waals surface area contributed by atoms with Crippen LogP contribution >= 0.6 is 27.5 Å². The molecule has 0 bridgehead atoms. The van der Waals surface area contributed by atoms with E-state index in [-0.39, 0.29) is 5.69 Å². The zero-order chi connectivity index (χ0) is 13.1. The van der Waals surface area contributed by atoms with Gasteiger partial charge in [-0.1, -0.05) is 33.6 Å². The Hall–Kier alpha value is -1.46. The van der Waals surface area contributed by atoms with Crippen LogP contribution in [0.1, 0.15) is 10.5 Å². The highest BCUT2D eigenvalue weighted by molar-refractivity contribution is 9.10. The van der Waals surface area contributed by atoms with Gasteiger partial charge in [0.15, 0.2) is 0 Å². The summed E-state index contributed by atoms with van der Waals surface area (Å²) in [5, 5.41) is 2.96. The lowest BCUT2D eigenvalue weighted by Gasteiger charge is -2.07. The molecule has 3 nitrogen and oxygen atoms in total. The molecule has 1 heterocycles. The molecular formula is C12H7BrClFN2O. The van der Waals surface area contributed by atoms with Gasteiger partial charge in [0.05, 0.1) is 10.7 Å². The summed E-state index contributed by atoms with van der Waals surface area (Å²) in [7, 11) is 0. The van der Waals surface area contributed by atoms with Crippen LogP contribution < -0.4 is 5.32 Å². The predicted octanol–water partition coefficient (Wildman–Crippen LogP) is 3.89. The van der Waals surface area contributed by atoms with Crippen molar-refractivity contribution in [2.75, 3.05) is 5.32 Å². The van der Waals surface area contributed by atoms with E-state index in [9.17, 15) is 9.18 Å². The molecule has 0 spiro atoms. The highest BCUT2D eigenvalue weighted by atomic mass is 79.9. The van der Waals surface area contributed by atoms with Gasteiger partial charge in [-0.05, 0) is 30.3 Å². The number of aromatic nitrogens is 1. The molecule has 92 valence electrons. The highest BCUT2D eigenvalue weighted by Gasteiger charge is 2.10. The Labute approximate surface area is 116 Å². The average Bonchev–Trinajstić information content (AvgIpc) is 2.34. The van der Waals surface area contributed by atoms with Gasteiger partial charge in [0.2, 0.25) is 5.95 Å². The normalized spacial score (nSPS) is 10.2. The minimum Gasteiger partial charge on any atom is -0.319 e. The number of rotatable bonds is 2. The summed E-state index contributed by atoms with van der Waals surface area (Å²) in [6.07, 6.45) is 0. The van der Waals surface area contributed by atoms with E-state index >= 15 is 0 Å². The molecule has 0 saturated heterocycles. The molecule has 0 unspecified atom stereocenters. The lowest BCUT2D eigenvalue weighted by molar-refractivity contribution is 0.102. The van der Waals surface area contributed by atoms with Crippen molar-refractivity contribution in [2.45, 2.75) is 0 Å². The zero-order valence-electron chi connectivity index (χ0n) is 8.95. The number of pyridine rings is 1. The topological polar surface area (TPSA) is 42.0 Å². The number of halogens is 3. The number of anilines is 1. The minimum absolute atomic E-state index is 0.00829. The maximum atomic E-state index is 12.9. The summed E-state index contributed by atoms with van der Waals surface area (Å²) >= 11 is 9.20. The summed E-state index contributed by atoms with van der Waals surface area (Å²) in [6, 6.07) is 9.05. The van der Waals surface area contributed by atoms with E-state index < -0.39 is 11.9 Å². The SMILES string of the molecule is O=C(Nc1cc(Br)ccc1Cl)c1cccc(F)n1. The molecule has 0 radical (unpaired) electrons. The third kappa shape index (κ3) is 3.05. The van der Waals surface area contributed by atoms with Crippen molar-refractivity contribution in [3.63, 3.8) is 0 Å². The maximum absolute atomic E-state index is 12.9. The standard InChI is InChI=1S/C12H7BrClFN2O/c13-7-4-5-8(14)10(6-7)17-12(18)9-2-1-3-11(15)16-9/h1-6H,(H,17,18). The molecular weight excluding hydrogens is 322 g/mol. The molecule has 0 aliphatic carbocycles. The summed E-state index contributed by atoms with van der Waals surface area (Å²) < 4.78 is 13.7. The van der Waals surface area contributed by atoms with Gasteiger partial charge in [-0.15, -0.1) is 0 Å². The number of benzene rings is 1. The van der Waals surface area contributed by atoms with Gasteiger partial charge >= 0.3 is 0 Å². The molecule has 0 saturated carbocycles. The first-order valence-electron chi connectivity index (χ1n) is 4.95. The summed E-state index contributed by atoms with van der Waals surface area (Å²) in [5.41, 5.74) is 0.424. The number of hydrogen-bond acceptors (Lipinski definition) is 2. The quantitative estimate of drug-likeness (QED) is 0.849. The molecule has 0 atom stereocenters. The molecule has 6 heteroatoms. The van der Waals surface area contributed by atoms with Crippen molar-refractivity contribution in [3.05, 3.63) is 57.5 Å². The summed E-state index contributed by atoms with van der Waals surface area (Å²) in [6.45, 7) is 0. The first-order valence-corrected chi connectivity index (χ1v) is 6.12. The lowest BCUT2D eigenvalue weighted by Crippen LogP contribution is -2.14. The third-order valence-corrected chi connectivity index (χ3v) is 2.95. The monoisotopic (exact) mass is 328 g/mol. The van der Waals surface area contributed by atoms with Gasteiger partial charge in [-0.3, -0.25) is 4.79 Å². The van der Waals surface area contributed by atoms with Crippen LogP contribution in [0.25, 0.3) is 0 Å². The van der Waals surface area contributed by atoms with Gasteiger partial charge in [0.25, 0.3) is 5.91 Å². The molecule has 0 aliphatic heterocycles. The van der Waals surface area contributed by atoms with Gasteiger partial charge in [-0.2, -0.15) is 4.39 Å². The van der Waals surface area contributed by atoms with E-state index in [4.69, 9.17) is 11.6 Å². The van der Waals surface area contributed by atoms with Gasteiger partial charge in [0.1, 0.15) is 5.69 Å². The fourth-order valence-corrected chi connectivity index (χ4v) is 1.84. The van der Waals surface area contributed by atoms with Crippen molar-refractivity contribution in [1.82, 2.24) is 4.98 Å². The first-order chi connectivity index (χ1) is 8.56. The first kappa shape index (κ1) is 13.0. The minimum atomic E-state index is -0.706. The van der Waals surface area contributed by atoms with Crippen molar-refractivity contribution in [1.29, 1.82) is 0 Å².